The molecule has 3 nitrogen and oxygen atoms in total. The molecule has 1 saturated heterocycles. The Hall–Kier alpha value is -1.68. The van der Waals surface area contributed by atoms with Gasteiger partial charge < -0.3 is 10.0 Å². The van der Waals surface area contributed by atoms with Crippen LogP contribution in [0.3, 0.4) is 0 Å². The first-order valence-electron chi connectivity index (χ1n) is 5.52. The van der Waals surface area contributed by atoms with Crippen LogP contribution in [-0.4, -0.2) is 35.6 Å². The predicted octanol–water partition coefficient (Wildman–Crippen LogP) is 1.29. The quantitative estimate of drug-likeness (QED) is 0.802. The summed E-state index contributed by atoms with van der Waals surface area (Å²) < 4.78 is 12.6. The SMILES string of the molecule is O=C(C=Cc1ccc(F)cc1)N1CC(CO)C1. The van der Waals surface area contributed by atoms with E-state index in [1.165, 1.54) is 18.2 Å². The number of hydrogen-bond acceptors (Lipinski definition) is 2. The summed E-state index contributed by atoms with van der Waals surface area (Å²) in [6, 6.07) is 5.95. The van der Waals surface area contributed by atoms with Crippen LogP contribution < -0.4 is 0 Å². The van der Waals surface area contributed by atoms with Gasteiger partial charge >= 0.3 is 0 Å². The molecule has 1 aromatic rings. The number of aliphatic hydroxyl groups excluding tert-OH is 1. The molecule has 1 aromatic carbocycles. The lowest BCUT2D eigenvalue weighted by atomic mass is 10.0. The average Bonchev–Trinajstić information content (AvgIpc) is 2.27. The van der Waals surface area contributed by atoms with Crippen molar-refractivity contribution >= 4 is 12.0 Å². The van der Waals surface area contributed by atoms with Crippen molar-refractivity contribution in [3.63, 3.8) is 0 Å². The Morgan fingerprint density at radius 3 is 2.65 bits per heavy atom. The van der Waals surface area contributed by atoms with Crippen LogP contribution in [-0.2, 0) is 4.79 Å². The van der Waals surface area contributed by atoms with Gasteiger partial charge in [-0.1, -0.05) is 12.1 Å². The topological polar surface area (TPSA) is 40.5 Å². The number of carbonyl (C=O) groups is 1. The third kappa shape index (κ3) is 2.91. The first-order valence-corrected chi connectivity index (χ1v) is 5.52. The third-order valence-electron chi connectivity index (χ3n) is 2.82. The Balaban J connectivity index is 1.88. The Morgan fingerprint density at radius 1 is 1.41 bits per heavy atom. The van der Waals surface area contributed by atoms with E-state index in [9.17, 15) is 9.18 Å². The van der Waals surface area contributed by atoms with Crippen molar-refractivity contribution in [2.45, 2.75) is 0 Å². The molecule has 90 valence electrons. The van der Waals surface area contributed by atoms with Gasteiger partial charge in [0.15, 0.2) is 0 Å². The van der Waals surface area contributed by atoms with Crippen LogP contribution in [0, 0.1) is 11.7 Å². The number of halogens is 1. The van der Waals surface area contributed by atoms with E-state index in [1.807, 2.05) is 0 Å². The molecular weight excluding hydrogens is 221 g/mol. The van der Waals surface area contributed by atoms with Gasteiger partial charge in [-0.2, -0.15) is 0 Å². The fraction of sp³-hybridized carbons (Fsp3) is 0.308. The summed E-state index contributed by atoms with van der Waals surface area (Å²) >= 11 is 0. The minimum atomic E-state index is -0.290. The van der Waals surface area contributed by atoms with Crippen LogP contribution in [0.5, 0.6) is 0 Å². The lowest BCUT2D eigenvalue weighted by molar-refractivity contribution is -0.132. The standard InChI is InChI=1S/C13H14FNO2/c14-12-4-1-10(2-5-12)3-6-13(17)15-7-11(8-15)9-16/h1-6,11,16H,7-9H2. The number of rotatable bonds is 3. The van der Waals surface area contributed by atoms with Crippen molar-refractivity contribution in [3.05, 3.63) is 41.7 Å². The monoisotopic (exact) mass is 235 g/mol. The molecule has 1 aliphatic heterocycles. The second-order valence-electron chi connectivity index (χ2n) is 4.18. The van der Waals surface area contributed by atoms with E-state index in [1.54, 1.807) is 23.1 Å². The highest BCUT2D eigenvalue weighted by Crippen LogP contribution is 2.15. The normalized spacial score (nSPS) is 16.2. The summed E-state index contributed by atoms with van der Waals surface area (Å²) in [5, 5.41) is 8.83. The van der Waals surface area contributed by atoms with Crippen LogP contribution in [0.15, 0.2) is 30.3 Å². The number of benzene rings is 1. The number of aliphatic hydroxyl groups is 1. The van der Waals surface area contributed by atoms with E-state index in [2.05, 4.69) is 0 Å². The lowest BCUT2D eigenvalue weighted by Gasteiger charge is -2.37. The number of amides is 1. The number of likely N-dealkylation sites (tertiary alicyclic amines) is 1. The molecule has 0 unspecified atom stereocenters. The fourth-order valence-electron chi connectivity index (χ4n) is 1.71. The average molecular weight is 235 g/mol. The molecule has 0 atom stereocenters. The zero-order valence-corrected chi connectivity index (χ0v) is 9.34. The van der Waals surface area contributed by atoms with Crippen molar-refractivity contribution in [2.75, 3.05) is 19.7 Å². The molecule has 1 amide bonds. The minimum absolute atomic E-state index is 0.0703. The molecule has 0 spiro atoms. The maximum absolute atomic E-state index is 12.6. The summed E-state index contributed by atoms with van der Waals surface area (Å²) in [7, 11) is 0. The highest BCUT2D eigenvalue weighted by atomic mass is 19.1. The number of hydrogen-bond donors (Lipinski definition) is 1. The van der Waals surface area contributed by atoms with Crippen LogP contribution in [0.2, 0.25) is 0 Å². The molecular formula is C13H14FNO2. The molecule has 1 aliphatic rings. The smallest absolute Gasteiger partial charge is 0.246 e. The van der Waals surface area contributed by atoms with Crippen LogP contribution in [0.4, 0.5) is 4.39 Å². The predicted molar refractivity (Wildman–Crippen MR) is 62.6 cm³/mol. The third-order valence-corrected chi connectivity index (χ3v) is 2.82. The second kappa shape index (κ2) is 5.10. The van der Waals surface area contributed by atoms with Gasteiger partial charge in [0.25, 0.3) is 0 Å². The summed E-state index contributed by atoms with van der Waals surface area (Å²) in [4.78, 5) is 13.3. The molecule has 0 saturated carbocycles. The molecule has 1 N–H and O–H groups in total. The maximum Gasteiger partial charge on any atom is 0.246 e. The molecule has 0 radical (unpaired) electrons. The van der Waals surface area contributed by atoms with Crippen LogP contribution >= 0.6 is 0 Å². The second-order valence-corrected chi connectivity index (χ2v) is 4.18. The van der Waals surface area contributed by atoms with Crippen molar-refractivity contribution < 1.29 is 14.3 Å². The first-order chi connectivity index (χ1) is 8.19. The van der Waals surface area contributed by atoms with E-state index < -0.39 is 0 Å². The summed E-state index contributed by atoms with van der Waals surface area (Å²) in [5.41, 5.74) is 0.791. The van der Waals surface area contributed by atoms with E-state index in [0.29, 0.717) is 13.1 Å². The van der Waals surface area contributed by atoms with Gasteiger partial charge in [0.2, 0.25) is 5.91 Å². The molecule has 0 aromatic heterocycles. The fourth-order valence-corrected chi connectivity index (χ4v) is 1.71. The van der Waals surface area contributed by atoms with Gasteiger partial charge in [-0.05, 0) is 23.8 Å². The molecule has 0 bridgehead atoms. The summed E-state index contributed by atoms with van der Waals surface area (Å²) in [6.07, 6.45) is 3.13. The number of carbonyl (C=O) groups excluding carboxylic acids is 1. The van der Waals surface area contributed by atoms with Crippen LogP contribution in [0.1, 0.15) is 5.56 Å². The van der Waals surface area contributed by atoms with Gasteiger partial charge in [-0.25, -0.2) is 4.39 Å². The summed E-state index contributed by atoms with van der Waals surface area (Å²) in [5.74, 6) is -0.140. The van der Waals surface area contributed by atoms with E-state index >= 15 is 0 Å². The van der Waals surface area contributed by atoms with Gasteiger partial charge in [-0.15, -0.1) is 0 Å². The molecule has 1 heterocycles. The van der Waals surface area contributed by atoms with Crippen molar-refractivity contribution in [1.82, 2.24) is 4.90 Å². The molecule has 17 heavy (non-hydrogen) atoms. The van der Waals surface area contributed by atoms with Crippen molar-refractivity contribution in [2.24, 2.45) is 5.92 Å². The lowest BCUT2D eigenvalue weighted by Crippen LogP contribution is -2.50. The highest BCUT2D eigenvalue weighted by molar-refractivity contribution is 5.92. The number of nitrogens with zero attached hydrogens (tertiary/aromatic N) is 1. The largest absolute Gasteiger partial charge is 0.396 e. The van der Waals surface area contributed by atoms with Crippen LogP contribution in [0.25, 0.3) is 6.08 Å². The van der Waals surface area contributed by atoms with Gasteiger partial charge in [0.1, 0.15) is 5.82 Å². The van der Waals surface area contributed by atoms with E-state index in [0.717, 1.165) is 5.56 Å². The van der Waals surface area contributed by atoms with Gasteiger partial charge in [0.05, 0.1) is 0 Å². The summed E-state index contributed by atoms with van der Waals surface area (Å²) in [6.45, 7) is 1.36. The van der Waals surface area contributed by atoms with Crippen molar-refractivity contribution in [3.8, 4) is 0 Å². The highest BCUT2D eigenvalue weighted by Gasteiger charge is 2.28. The Morgan fingerprint density at radius 2 is 2.06 bits per heavy atom. The maximum atomic E-state index is 12.6. The molecule has 2 rings (SSSR count). The zero-order valence-electron chi connectivity index (χ0n) is 9.34. The molecule has 1 fully saturated rings. The zero-order chi connectivity index (χ0) is 12.3. The Bertz CT molecular complexity index is 422. The minimum Gasteiger partial charge on any atom is -0.396 e. The van der Waals surface area contributed by atoms with Gasteiger partial charge in [0, 0.05) is 31.7 Å². The first kappa shape index (κ1) is 11.8. The van der Waals surface area contributed by atoms with E-state index in [4.69, 9.17) is 5.11 Å². The molecule has 0 aliphatic carbocycles. The Kier molecular flexibility index (Phi) is 3.54. The van der Waals surface area contributed by atoms with Gasteiger partial charge in [-0.3, -0.25) is 4.79 Å². The van der Waals surface area contributed by atoms with Crippen molar-refractivity contribution in [1.29, 1.82) is 0 Å². The van der Waals surface area contributed by atoms with E-state index in [-0.39, 0.29) is 24.2 Å². The molecule has 4 heteroatoms. The Labute approximate surface area is 99.2 Å².